The summed E-state index contributed by atoms with van der Waals surface area (Å²) in [5.41, 5.74) is 0.603. The molecule has 0 aromatic heterocycles. The highest BCUT2D eigenvalue weighted by atomic mass is 16.5. The Labute approximate surface area is 121 Å². The third-order valence-corrected chi connectivity index (χ3v) is 3.08. The molecule has 0 aliphatic carbocycles. The van der Waals surface area contributed by atoms with E-state index in [-0.39, 0.29) is 25.0 Å². The Hall–Kier alpha value is -2.50. The van der Waals surface area contributed by atoms with Crippen molar-refractivity contribution in [1.82, 2.24) is 5.32 Å². The molecule has 0 saturated carbocycles. The summed E-state index contributed by atoms with van der Waals surface area (Å²) in [6.07, 6.45) is -0.553. The Balaban J connectivity index is 1.71. The number of rotatable bonds is 6. The maximum absolute atomic E-state index is 11.8. The Morgan fingerprint density at radius 2 is 1.86 bits per heavy atom. The molecule has 1 aliphatic heterocycles. The van der Waals surface area contributed by atoms with Crippen molar-refractivity contribution < 1.29 is 23.9 Å². The van der Waals surface area contributed by atoms with E-state index in [0.717, 1.165) is 0 Å². The normalized spacial score (nSPS) is 17.4. The SMILES string of the molecule is O=C1CC(OC(=O)CCCC(=O)c2ccccc2)C(=O)N1. The van der Waals surface area contributed by atoms with Crippen LogP contribution < -0.4 is 5.32 Å². The van der Waals surface area contributed by atoms with E-state index in [0.29, 0.717) is 12.0 Å². The number of Topliss-reactive ketones (excluding diaryl/α,β-unsaturated/α-hetero) is 1. The van der Waals surface area contributed by atoms with Gasteiger partial charge in [-0.25, -0.2) is 0 Å². The van der Waals surface area contributed by atoms with Crippen molar-refractivity contribution in [2.45, 2.75) is 31.8 Å². The van der Waals surface area contributed by atoms with Crippen molar-refractivity contribution in [3.05, 3.63) is 35.9 Å². The monoisotopic (exact) mass is 289 g/mol. The molecule has 2 rings (SSSR count). The summed E-state index contributed by atoms with van der Waals surface area (Å²) in [6.45, 7) is 0. The molecule has 1 aliphatic rings. The zero-order valence-corrected chi connectivity index (χ0v) is 11.3. The van der Waals surface area contributed by atoms with Gasteiger partial charge in [0.2, 0.25) is 5.91 Å². The van der Waals surface area contributed by atoms with Crippen LogP contribution in [0.4, 0.5) is 0 Å². The standard InChI is InChI=1S/C15H15NO5/c17-11(10-5-2-1-3-6-10)7-4-8-14(19)21-12-9-13(18)16-15(12)20/h1-3,5-6,12H,4,7-9H2,(H,16,18,20). The van der Waals surface area contributed by atoms with Crippen molar-refractivity contribution in [3.63, 3.8) is 0 Å². The average Bonchev–Trinajstić information content (AvgIpc) is 2.77. The van der Waals surface area contributed by atoms with Crippen LogP contribution in [0.3, 0.4) is 0 Å². The van der Waals surface area contributed by atoms with Crippen LogP contribution in [-0.2, 0) is 19.1 Å². The quantitative estimate of drug-likeness (QED) is 0.479. The summed E-state index contributed by atoms with van der Waals surface area (Å²) in [5, 5.41) is 2.06. The zero-order chi connectivity index (χ0) is 15.2. The van der Waals surface area contributed by atoms with Crippen LogP contribution in [0.25, 0.3) is 0 Å². The van der Waals surface area contributed by atoms with Gasteiger partial charge in [-0.3, -0.25) is 24.5 Å². The van der Waals surface area contributed by atoms with Gasteiger partial charge in [0.05, 0.1) is 6.42 Å². The number of amides is 2. The summed E-state index contributed by atoms with van der Waals surface area (Å²) < 4.78 is 4.90. The van der Waals surface area contributed by atoms with Crippen molar-refractivity contribution in [2.75, 3.05) is 0 Å². The molecule has 110 valence electrons. The average molecular weight is 289 g/mol. The van der Waals surface area contributed by atoms with E-state index >= 15 is 0 Å². The molecule has 1 aromatic rings. The fraction of sp³-hybridized carbons (Fsp3) is 0.333. The first-order valence-corrected chi connectivity index (χ1v) is 6.67. The van der Waals surface area contributed by atoms with E-state index in [4.69, 9.17) is 4.74 Å². The van der Waals surface area contributed by atoms with Crippen molar-refractivity contribution in [2.24, 2.45) is 0 Å². The molecule has 0 bridgehead atoms. The molecule has 1 unspecified atom stereocenters. The highest BCUT2D eigenvalue weighted by Gasteiger charge is 2.33. The van der Waals surface area contributed by atoms with Crippen LogP contribution in [0.5, 0.6) is 0 Å². The van der Waals surface area contributed by atoms with Gasteiger partial charge in [0, 0.05) is 18.4 Å². The van der Waals surface area contributed by atoms with E-state index in [1.165, 1.54) is 0 Å². The largest absolute Gasteiger partial charge is 0.452 e. The predicted octanol–water partition coefficient (Wildman–Crippen LogP) is 0.998. The number of carbonyl (C=O) groups is 4. The molecule has 1 atom stereocenters. The summed E-state index contributed by atoms with van der Waals surface area (Å²) in [7, 11) is 0. The highest BCUT2D eigenvalue weighted by Crippen LogP contribution is 2.11. The van der Waals surface area contributed by atoms with Gasteiger partial charge < -0.3 is 4.74 Å². The second kappa shape index (κ2) is 6.78. The highest BCUT2D eigenvalue weighted by molar-refractivity contribution is 6.05. The predicted molar refractivity (Wildman–Crippen MR) is 72.3 cm³/mol. The number of hydrogen-bond acceptors (Lipinski definition) is 5. The molecule has 1 saturated heterocycles. The second-order valence-electron chi connectivity index (χ2n) is 4.74. The van der Waals surface area contributed by atoms with Gasteiger partial charge in [-0.1, -0.05) is 30.3 Å². The van der Waals surface area contributed by atoms with Crippen molar-refractivity contribution in [3.8, 4) is 0 Å². The van der Waals surface area contributed by atoms with Gasteiger partial charge in [-0.05, 0) is 6.42 Å². The van der Waals surface area contributed by atoms with E-state index in [9.17, 15) is 19.2 Å². The maximum Gasteiger partial charge on any atom is 0.306 e. The van der Waals surface area contributed by atoms with E-state index in [1.54, 1.807) is 24.3 Å². The molecule has 0 radical (unpaired) electrons. The topological polar surface area (TPSA) is 89.5 Å². The molecular formula is C15H15NO5. The number of carbonyl (C=O) groups excluding carboxylic acids is 4. The van der Waals surface area contributed by atoms with E-state index in [1.807, 2.05) is 6.07 Å². The van der Waals surface area contributed by atoms with Crippen LogP contribution in [0.2, 0.25) is 0 Å². The summed E-state index contributed by atoms with van der Waals surface area (Å²) in [4.78, 5) is 45.5. The summed E-state index contributed by atoms with van der Waals surface area (Å²) in [6, 6.07) is 8.81. The van der Waals surface area contributed by atoms with Crippen LogP contribution in [0.15, 0.2) is 30.3 Å². The molecule has 1 heterocycles. The third-order valence-electron chi connectivity index (χ3n) is 3.08. The van der Waals surface area contributed by atoms with Crippen LogP contribution in [0, 0.1) is 0 Å². The van der Waals surface area contributed by atoms with Crippen molar-refractivity contribution in [1.29, 1.82) is 0 Å². The number of hydrogen-bond donors (Lipinski definition) is 1. The molecule has 6 nitrogen and oxygen atoms in total. The number of imide groups is 1. The minimum absolute atomic E-state index is 0.0382. The van der Waals surface area contributed by atoms with Gasteiger partial charge in [0.25, 0.3) is 5.91 Å². The van der Waals surface area contributed by atoms with Crippen LogP contribution in [0.1, 0.15) is 36.0 Å². The fourth-order valence-corrected chi connectivity index (χ4v) is 2.00. The number of ketones is 1. The molecule has 0 spiro atoms. The summed E-state index contributed by atoms with van der Waals surface area (Å²) >= 11 is 0. The fourth-order valence-electron chi connectivity index (χ4n) is 2.00. The lowest BCUT2D eigenvalue weighted by Crippen LogP contribution is -2.28. The van der Waals surface area contributed by atoms with Gasteiger partial charge >= 0.3 is 5.97 Å². The molecule has 1 aromatic carbocycles. The lowest BCUT2D eigenvalue weighted by atomic mass is 10.1. The maximum atomic E-state index is 11.8. The number of nitrogens with one attached hydrogen (secondary N) is 1. The number of esters is 1. The molecule has 1 fully saturated rings. The minimum atomic E-state index is -1.03. The zero-order valence-electron chi connectivity index (χ0n) is 11.3. The first-order chi connectivity index (χ1) is 10.1. The molecule has 1 N–H and O–H groups in total. The Kier molecular flexibility index (Phi) is 4.81. The van der Waals surface area contributed by atoms with Gasteiger partial charge in [0.15, 0.2) is 11.9 Å². The minimum Gasteiger partial charge on any atom is -0.452 e. The number of ether oxygens (including phenoxy) is 1. The van der Waals surface area contributed by atoms with Gasteiger partial charge in [-0.2, -0.15) is 0 Å². The first-order valence-electron chi connectivity index (χ1n) is 6.67. The third kappa shape index (κ3) is 4.24. The Morgan fingerprint density at radius 3 is 2.48 bits per heavy atom. The Bertz CT molecular complexity index is 567. The molecule has 21 heavy (non-hydrogen) atoms. The van der Waals surface area contributed by atoms with Gasteiger partial charge in [0.1, 0.15) is 0 Å². The van der Waals surface area contributed by atoms with Crippen LogP contribution in [-0.4, -0.2) is 29.7 Å². The first kappa shape index (κ1) is 14.9. The lowest BCUT2D eigenvalue weighted by Gasteiger charge is -2.08. The molecule has 6 heteroatoms. The van der Waals surface area contributed by atoms with Gasteiger partial charge in [-0.15, -0.1) is 0 Å². The summed E-state index contributed by atoms with van der Waals surface area (Å²) in [5.74, 6) is -1.66. The van der Waals surface area contributed by atoms with Crippen molar-refractivity contribution >= 4 is 23.6 Å². The number of benzene rings is 1. The lowest BCUT2D eigenvalue weighted by molar-refractivity contribution is -0.154. The smallest absolute Gasteiger partial charge is 0.306 e. The van der Waals surface area contributed by atoms with E-state index in [2.05, 4.69) is 5.32 Å². The van der Waals surface area contributed by atoms with Crippen LogP contribution >= 0.6 is 0 Å². The van der Waals surface area contributed by atoms with E-state index < -0.39 is 23.9 Å². The molecular weight excluding hydrogens is 274 g/mol. The Morgan fingerprint density at radius 1 is 1.14 bits per heavy atom. The molecule has 2 amide bonds. The second-order valence-corrected chi connectivity index (χ2v) is 4.74.